The number of nitrogens with one attached hydrogen (secondary N) is 1. The second kappa shape index (κ2) is 12.0. The molecular weight excluding hydrogens is 438 g/mol. The van der Waals surface area contributed by atoms with E-state index in [2.05, 4.69) is 5.32 Å². The van der Waals surface area contributed by atoms with Gasteiger partial charge in [0.25, 0.3) is 5.91 Å². The van der Waals surface area contributed by atoms with Gasteiger partial charge in [-0.15, -0.1) is 0 Å². The van der Waals surface area contributed by atoms with Crippen LogP contribution in [0.3, 0.4) is 0 Å². The highest BCUT2D eigenvalue weighted by Gasteiger charge is 2.36. The van der Waals surface area contributed by atoms with Crippen LogP contribution in [0.5, 0.6) is 0 Å². The Labute approximate surface area is 208 Å². The van der Waals surface area contributed by atoms with E-state index in [1.165, 1.54) is 5.56 Å². The van der Waals surface area contributed by atoms with E-state index in [9.17, 15) is 14.4 Å². The molecule has 1 atom stereocenters. The summed E-state index contributed by atoms with van der Waals surface area (Å²) < 4.78 is 0. The summed E-state index contributed by atoms with van der Waals surface area (Å²) in [5.74, 6) is 0.0105. The first kappa shape index (κ1) is 25.0. The molecule has 0 unspecified atom stereocenters. The van der Waals surface area contributed by atoms with Gasteiger partial charge in [-0.05, 0) is 69.1 Å². The van der Waals surface area contributed by atoms with Gasteiger partial charge in [0.15, 0.2) is 0 Å². The zero-order valence-electron chi connectivity index (χ0n) is 20.7. The Morgan fingerprint density at radius 3 is 2.29 bits per heavy atom. The van der Waals surface area contributed by atoms with E-state index in [0.29, 0.717) is 25.1 Å². The van der Waals surface area contributed by atoms with Gasteiger partial charge in [-0.1, -0.05) is 48.0 Å². The Hall–Kier alpha value is -3.15. The van der Waals surface area contributed by atoms with Crippen molar-refractivity contribution in [2.45, 2.75) is 57.9 Å². The Bertz CT molecular complexity index is 1010. The van der Waals surface area contributed by atoms with Crippen molar-refractivity contribution in [3.05, 3.63) is 71.3 Å². The van der Waals surface area contributed by atoms with Crippen molar-refractivity contribution >= 4 is 17.7 Å². The highest BCUT2D eigenvalue weighted by Crippen LogP contribution is 2.24. The van der Waals surface area contributed by atoms with Gasteiger partial charge in [-0.25, -0.2) is 0 Å². The van der Waals surface area contributed by atoms with Crippen molar-refractivity contribution in [1.29, 1.82) is 0 Å². The molecule has 3 amide bonds. The number of hydrogen-bond donors (Lipinski definition) is 1. The number of carbonyl (C=O) groups excluding carboxylic acids is 3. The molecule has 0 bridgehead atoms. The monoisotopic (exact) mass is 475 g/mol. The molecule has 4 rings (SSSR count). The summed E-state index contributed by atoms with van der Waals surface area (Å²) in [6, 6.07) is 17.0. The van der Waals surface area contributed by atoms with Gasteiger partial charge in [-0.3, -0.25) is 14.4 Å². The smallest absolute Gasteiger partial charge is 0.251 e. The number of nitrogens with zero attached hydrogens (tertiary/aromatic N) is 2. The van der Waals surface area contributed by atoms with Gasteiger partial charge in [0, 0.05) is 38.2 Å². The van der Waals surface area contributed by atoms with Gasteiger partial charge in [0.1, 0.15) is 6.04 Å². The molecule has 0 aromatic heterocycles. The largest absolute Gasteiger partial charge is 0.343 e. The van der Waals surface area contributed by atoms with E-state index >= 15 is 0 Å². The number of piperidine rings is 2. The van der Waals surface area contributed by atoms with E-state index in [1.54, 1.807) is 6.07 Å². The predicted octanol–water partition coefficient (Wildman–Crippen LogP) is 3.98. The number of carbonyl (C=O) groups is 3. The third kappa shape index (κ3) is 6.71. The molecule has 2 saturated heterocycles. The van der Waals surface area contributed by atoms with Gasteiger partial charge in [-0.2, -0.15) is 0 Å². The highest BCUT2D eigenvalue weighted by molar-refractivity contribution is 5.97. The van der Waals surface area contributed by atoms with Crippen LogP contribution in [0, 0.1) is 12.8 Å². The van der Waals surface area contributed by atoms with Crippen molar-refractivity contribution in [2.75, 3.05) is 26.2 Å². The lowest BCUT2D eigenvalue weighted by Gasteiger charge is -2.38. The van der Waals surface area contributed by atoms with Crippen LogP contribution in [0.2, 0.25) is 0 Å². The number of rotatable bonds is 7. The summed E-state index contributed by atoms with van der Waals surface area (Å²) in [5.41, 5.74) is 2.76. The zero-order valence-corrected chi connectivity index (χ0v) is 20.7. The van der Waals surface area contributed by atoms with Crippen molar-refractivity contribution < 1.29 is 14.4 Å². The molecule has 2 aromatic carbocycles. The van der Waals surface area contributed by atoms with Crippen molar-refractivity contribution in [1.82, 2.24) is 15.1 Å². The molecule has 0 aliphatic carbocycles. The number of hydrogen-bond acceptors (Lipinski definition) is 3. The zero-order chi connectivity index (χ0) is 24.6. The summed E-state index contributed by atoms with van der Waals surface area (Å²) in [5, 5.41) is 3.08. The maximum absolute atomic E-state index is 13.5. The third-order valence-corrected chi connectivity index (χ3v) is 7.33. The fourth-order valence-electron chi connectivity index (χ4n) is 5.24. The lowest BCUT2D eigenvalue weighted by molar-refractivity contribution is -0.137. The molecule has 35 heavy (non-hydrogen) atoms. The van der Waals surface area contributed by atoms with Crippen molar-refractivity contribution in [3.8, 4) is 0 Å². The average molecular weight is 476 g/mol. The predicted molar refractivity (Wildman–Crippen MR) is 137 cm³/mol. The maximum Gasteiger partial charge on any atom is 0.251 e. The molecule has 0 saturated carbocycles. The summed E-state index contributed by atoms with van der Waals surface area (Å²) in [6.07, 6.45) is 5.84. The second-order valence-corrected chi connectivity index (χ2v) is 9.91. The summed E-state index contributed by atoms with van der Waals surface area (Å²) in [6.45, 7) is 4.72. The molecule has 6 heteroatoms. The van der Waals surface area contributed by atoms with Crippen LogP contribution in [0.1, 0.15) is 60.0 Å². The Balaban J connectivity index is 1.39. The maximum atomic E-state index is 13.5. The van der Waals surface area contributed by atoms with E-state index in [0.717, 1.165) is 57.2 Å². The first-order valence-corrected chi connectivity index (χ1v) is 13.0. The number of amides is 3. The Morgan fingerprint density at radius 2 is 1.60 bits per heavy atom. The molecule has 2 fully saturated rings. The van der Waals surface area contributed by atoms with Crippen LogP contribution in [0.15, 0.2) is 54.6 Å². The molecule has 2 aliphatic heterocycles. The molecule has 2 aliphatic rings. The van der Waals surface area contributed by atoms with Crippen LogP contribution in [0.25, 0.3) is 0 Å². The molecule has 2 heterocycles. The summed E-state index contributed by atoms with van der Waals surface area (Å²) in [4.78, 5) is 43.3. The van der Waals surface area contributed by atoms with Crippen molar-refractivity contribution in [3.63, 3.8) is 0 Å². The van der Waals surface area contributed by atoms with Crippen LogP contribution in [-0.4, -0.2) is 59.7 Å². The minimum Gasteiger partial charge on any atom is -0.343 e. The average Bonchev–Trinajstić information content (AvgIpc) is 2.91. The fraction of sp³-hybridized carbons (Fsp3) is 0.483. The van der Waals surface area contributed by atoms with E-state index in [-0.39, 0.29) is 23.6 Å². The molecule has 2 aromatic rings. The molecule has 6 nitrogen and oxygen atoms in total. The van der Waals surface area contributed by atoms with Gasteiger partial charge in [0.05, 0.1) is 0 Å². The highest BCUT2D eigenvalue weighted by atomic mass is 16.2. The standard InChI is InChI=1S/C29H37N3O3/c1-22-9-8-12-25(21-22)28(34)30-27(29(35)32-17-6-3-7-18-32)24-15-19-31(20-16-24)26(33)14-13-23-10-4-2-5-11-23/h2,4-5,8-12,21,24,27H,3,6-7,13-20H2,1H3,(H,30,34)/t27-/m1/s1. The number of benzene rings is 2. The van der Waals surface area contributed by atoms with Gasteiger partial charge < -0.3 is 15.1 Å². The lowest BCUT2D eigenvalue weighted by atomic mass is 9.87. The van der Waals surface area contributed by atoms with Crippen LogP contribution >= 0.6 is 0 Å². The van der Waals surface area contributed by atoms with Crippen LogP contribution < -0.4 is 5.32 Å². The first-order chi connectivity index (χ1) is 17.0. The molecular formula is C29H37N3O3. The van der Waals surface area contributed by atoms with Gasteiger partial charge in [0.2, 0.25) is 11.8 Å². The lowest BCUT2D eigenvalue weighted by Crippen LogP contribution is -2.55. The Morgan fingerprint density at radius 1 is 0.886 bits per heavy atom. The molecule has 0 spiro atoms. The fourth-order valence-corrected chi connectivity index (χ4v) is 5.24. The topological polar surface area (TPSA) is 69.7 Å². The van der Waals surface area contributed by atoms with E-state index in [1.807, 2.05) is 65.3 Å². The SMILES string of the molecule is Cc1cccc(C(=O)N[C@@H](C(=O)N2CCCCC2)C2CCN(C(=O)CCc3ccccc3)CC2)c1. The first-order valence-electron chi connectivity index (χ1n) is 13.0. The molecule has 0 radical (unpaired) electrons. The van der Waals surface area contributed by atoms with Crippen LogP contribution in [0.4, 0.5) is 0 Å². The molecule has 1 N–H and O–H groups in total. The summed E-state index contributed by atoms with van der Waals surface area (Å²) >= 11 is 0. The van der Waals surface area contributed by atoms with Gasteiger partial charge >= 0.3 is 0 Å². The quantitative estimate of drug-likeness (QED) is 0.659. The molecule has 186 valence electrons. The van der Waals surface area contributed by atoms with E-state index < -0.39 is 6.04 Å². The number of aryl methyl sites for hydroxylation is 2. The number of likely N-dealkylation sites (tertiary alicyclic amines) is 2. The normalized spacial score (nSPS) is 17.6. The minimum atomic E-state index is -0.553. The summed E-state index contributed by atoms with van der Waals surface area (Å²) in [7, 11) is 0. The van der Waals surface area contributed by atoms with Crippen LogP contribution in [-0.2, 0) is 16.0 Å². The second-order valence-electron chi connectivity index (χ2n) is 9.91. The van der Waals surface area contributed by atoms with Crippen molar-refractivity contribution in [2.24, 2.45) is 5.92 Å². The minimum absolute atomic E-state index is 0.0244. The van der Waals surface area contributed by atoms with E-state index in [4.69, 9.17) is 0 Å². The Kier molecular flexibility index (Phi) is 8.56. The third-order valence-electron chi connectivity index (χ3n) is 7.33.